The Hall–Kier alpha value is -1.98. The van der Waals surface area contributed by atoms with Crippen LogP contribution in [0.2, 0.25) is 0 Å². The van der Waals surface area contributed by atoms with E-state index in [-0.39, 0.29) is 0 Å². The van der Waals surface area contributed by atoms with Crippen molar-refractivity contribution in [2.24, 2.45) is 0 Å². The van der Waals surface area contributed by atoms with Crippen LogP contribution >= 0.6 is 0 Å². The largest absolute Gasteiger partial charge is 0.497 e. The minimum Gasteiger partial charge on any atom is -0.497 e. The predicted molar refractivity (Wildman–Crippen MR) is 73.6 cm³/mol. The minimum atomic E-state index is -1.54. The number of hydrogen-bond donors (Lipinski definition) is 2. The lowest BCUT2D eigenvalue weighted by Crippen LogP contribution is -2.31. The fourth-order valence-electron chi connectivity index (χ4n) is 1.71. The molecule has 2 N–H and O–H groups in total. The first-order chi connectivity index (χ1) is 9.20. The Morgan fingerprint density at radius 3 is 2.32 bits per heavy atom. The van der Waals surface area contributed by atoms with Gasteiger partial charge in [0, 0.05) is 5.46 Å². The lowest BCUT2D eigenvalue weighted by Gasteiger charge is -2.11. The van der Waals surface area contributed by atoms with Crippen LogP contribution in [0.5, 0.6) is 11.5 Å². The fraction of sp³-hybridized carbons (Fsp3) is 0.143. The standard InChI is InChI=1S/C14H15BO4/c1-18-12-8-6-11(7-9-12)10-19-14-5-3-2-4-13(14)15(16)17/h2-9,16-17H,10H2,1H3. The SMILES string of the molecule is COc1ccc(COc2ccccc2B(O)O)cc1. The first-order valence-electron chi connectivity index (χ1n) is 5.91. The lowest BCUT2D eigenvalue weighted by molar-refractivity contribution is 0.306. The van der Waals surface area contributed by atoms with Crippen LogP contribution < -0.4 is 14.9 Å². The van der Waals surface area contributed by atoms with Crippen LogP contribution in [0.25, 0.3) is 0 Å². The molecule has 0 fully saturated rings. The molecule has 2 aromatic rings. The molecule has 0 atom stereocenters. The van der Waals surface area contributed by atoms with Crippen LogP contribution in [-0.4, -0.2) is 24.3 Å². The van der Waals surface area contributed by atoms with Crippen molar-refractivity contribution in [3.63, 3.8) is 0 Å². The molecule has 0 bridgehead atoms. The summed E-state index contributed by atoms with van der Waals surface area (Å²) in [6, 6.07) is 14.3. The van der Waals surface area contributed by atoms with Gasteiger partial charge >= 0.3 is 7.12 Å². The molecular formula is C14H15BO4. The maximum absolute atomic E-state index is 9.23. The van der Waals surface area contributed by atoms with Crippen molar-refractivity contribution in [1.82, 2.24) is 0 Å². The Morgan fingerprint density at radius 1 is 1.00 bits per heavy atom. The summed E-state index contributed by atoms with van der Waals surface area (Å²) in [4.78, 5) is 0. The summed E-state index contributed by atoms with van der Waals surface area (Å²) < 4.78 is 10.7. The van der Waals surface area contributed by atoms with Gasteiger partial charge in [-0.3, -0.25) is 0 Å². The third-order valence-corrected chi connectivity index (χ3v) is 2.75. The van der Waals surface area contributed by atoms with Crippen LogP contribution in [0.1, 0.15) is 5.56 Å². The highest BCUT2D eigenvalue weighted by Crippen LogP contribution is 2.14. The Bertz CT molecular complexity index is 525. The molecule has 0 aliphatic heterocycles. The molecule has 19 heavy (non-hydrogen) atoms. The summed E-state index contributed by atoms with van der Waals surface area (Å²) in [7, 11) is 0.0803. The molecule has 0 aromatic heterocycles. The maximum atomic E-state index is 9.23. The van der Waals surface area contributed by atoms with E-state index < -0.39 is 7.12 Å². The molecule has 0 saturated carbocycles. The summed E-state index contributed by atoms with van der Waals surface area (Å²) in [6.45, 7) is 0.355. The van der Waals surface area contributed by atoms with Gasteiger partial charge in [0.2, 0.25) is 0 Å². The minimum absolute atomic E-state index is 0.355. The molecule has 98 valence electrons. The van der Waals surface area contributed by atoms with Crippen molar-refractivity contribution in [3.05, 3.63) is 54.1 Å². The van der Waals surface area contributed by atoms with Crippen LogP contribution in [0, 0.1) is 0 Å². The first kappa shape index (κ1) is 13.5. The van der Waals surface area contributed by atoms with Gasteiger partial charge in [-0.1, -0.05) is 30.3 Å². The molecule has 2 aromatic carbocycles. The fourth-order valence-corrected chi connectivity index (χ4v) is 1.71. The van der Waals surface area contributed by atoms with Crippen molar-refractivity contribution < 1.29 is 19.5 Å². The van der Waals surface area contributed by atoms with E-state index in [1.165, 1.54) is 0 Å². The number of para-hydroxylation sites is 1. The van der Waals surface area contributed by atoms with Gasteiger partial charge in [0.25, 0.3) is 0 Å². The summed E-state index contributed by atoms with van der Waals surface area (Å²) in [5.41, 5.74) is 1.33. The van der Waals surface area contributed by atoms with E-state index in [0.717, 1.165) is 11.3 Å². The summed E-state index contributed by atoms with van der Waals surface area (Å²) in [5.74, 6) is 1.25. The second kappa shape index (κ2) is 6.27. The van der Waals surface area contributed by atoms with Crippen LogP contribution in [0.4, 0.5) is 0 Å². The zero-order chi connectivity index (χ0) is 13.7. The summed E-state index contributed by atoms with van der Waals surface area (Å²) >= 11 is 0. The van der Waals surface area contributed by atoms with Crippen molar-refractivity contribution in [1.29, 1.82) is 0 Å². The van der Waals surface area contributed by atoms with Gasteiger partial charge in [0.1, 0.15) is 18.1 Å². The van der Waals surface area contributed by atoms with Gasteiger partial charge in [0.05, 0.1) is 7.11 Å². The summed E-state index contributed by atoms with van der Waals surface area (Å²) in [6.07, 6.45) is 0. The molecule has 0 heterocycles. The zero-order valence-corrected chi connectivity index (χ0v) is 10.6. The maximum Gasteiger partial charge on any atom is 0.492 e. The Balaban J connectivity index is 2.05. The molecule has 5 heteroatoms. The van der Waals surface area contributed by atoms with Crippen LogP contribution in [0.15, 0.2) is 48.5 Å². The second-order valence-corrected chi connectivity index (χ2v) is 4.05. The Morgan fingerprint density at radius 2 is 1.68 bits per heavy atom. The Labute approximate surface area is 112 Å². The summed E-state index contributed by atoms with van der Waals surface area (Å²) in [5, 5.41) is 18.5. The third-order valence-electron chi connectivity index (χ3n) is 2.75. The molecule has 0 aliphatic rings. The number of hydrogen-bond acceptors (Lipinski definition) is 4. The van der Waals surface area contributed by atoms with Crippen molar-refractivity contribution in [3.8, 4) is 11.5 Å². The van der Waals surface area contributed by atoms with E-state index in [0.29, 0.717) is 17.8 Å². The highest BCUT2D eigenvalue weighted by molar-refractivity contribution is 6.59. The van der Waals surface area contributed by atoms with Gasteiger partial charge in [0.15, 0.2) is 0 Å². The van der Waals surface area contributed by atoms with E-state index >= 15 is 0 Å². The van der Waals surface area contributed by atoms with Crippen molar-refractivity contribution in [2.45, 2.75) is 6.61 Å². The van der Waals surface area contributed by atoms with Gasteiger partial charge in [-0.15, -0.1) is 0 Å². The van der Waals surface area contributed by atoms with Gasteiger partial charge in [-0.05, 0) is 23.8 Å². The molecular weight excluding hydrogens is 243 g/mol. The zero-order valence-electron chi connectivity index (χ0n) is 10.6. The van der Waals surface area contributed by atoms with E-state index in [2.05, 4.69) is 0 Å². The van der Waals surface area contributed by atoms with E-state index in [9.17, 15) is 10.0 Å². The Kier molecular flexibility index (Phi) is 4.44. The molecule has 0 saturated heterocycles. The van der Waals surface area contributed by atoms with E-state index in [1.807, 2.05) is 24.3 Å². The average molecular weight is 258 g/mol. The van der Waals surface area contributed by atoms with Crippen LogP contribution in [-0.2, 0) is 6.61 Å². The monoisotopic (exact) mass is 258 g/mol. The quantitative estimate of drug-likeness (QED) is 0.784. The lowest BCUT2D eigenvalue weighted by atomic mass is 9.79. The number of benzene rings is 2. The number of ether oxygens (including phenoxy) is 2. The second-order valence-electron chi connectivity index (χ2n) is 4.05. The number of rotatable bonds is 5. The molecule has 4 nitrogen and oxygen atoms in total. The van der Waals surface area contributed by atoms with Gasteiger partial charge in [-0.2, -0.15) is 0 Å². The average Bonchev–Trinajstić information content (AvgIpc) is 2.46. The van der Waals surface area contributed by atoms with Crippen molar-refractivity contribution in [2.75, 3.05) is 7.11 Å². The van der Waals surface area contributed by atoms with Crippen LogP contribution in [0.3, 0.4) is 0 Å². The molecule has 0 radical (unpaired) electrons. The number of methoxy groups -OCH3 is 1. The molecule has 0 unspecified atom stereocenters. The molecule has 2 rings (SSSR count). The first-order valence-corrected chi connectivity index (χ1v) is 5.91. The highest BCUT2D eigenvalue weighted by atomic mass is 16.5. The van der Waals surface area contributed by atoms with E-state index in [4.69, 9.17) is 9.47 Å². The topological polar surface area (TPSA) is 58.9 Å². The highest BCUT2D eigenvalue weighted by Gasteiger charge is 2.16. The smallest absolute Gasteiger partial charge is 0.492 e. The predicted octanol–water partition coefficient (Wildman–Crippen LogP) is 0.954. The normalized spacial score (nSPS) is 10.1. The molecule has 0 aliphatic carbocycles. The van der Waals surface area contributed by atoms with Crippen molar-refractivity contribution >= 4 is 12.6 Å². The van der Waals surface area contributed by atoms with Gasteiger partial charge in [-0.25, -0.2) is 0 Å². The van der Waals surface area contributed by atoms with Gasteiger partial charge < -0.3 is 19.5 Å². The van der Waals surface area contributed by atoms with E-state index in [1.54, 1.807) is 31.4 Å². The molecule has 0 amide bonds. The third kappa shape index (κ3) is 3.50. The molecule has 0 spiro atoms.